The van der Waals surface area contributed by atoms with E-state index in [9.17, 15) is 19.9 Å². The fourth-order valence-electron chi connectivity index (χ4n) is 3.31. The second-order valence-corrected chi connectivity index (χ2v) is 9.12. The maximum absolute atomic E-state index is 13.7. The maximum Gasteiger partial charge on any atom is 0.142 e. The molecule has 3 rings (SSSR count). The van der Waals surface area contributed by atoms with Gasteiger partial charge in [0.15, 0.2) is 0 Å². The summed E-state index contributed by atoms with van der Waals surface area (Å²) in [6, 6.07) is 9.05. The van der Waals surface area contributed by atoms with E-state index in [0.717, 1.165) is 0 Å². The molecule has 2 heterocycles. The molecular formula is C15H20N3O4P. The third-order valence-corrected chi connectivity index (χ3v) is 8.12. The lowest BCUT2D eigenvalue weighted by Gasteiger charge is -2.30. The summed E-state index contributed by atoms with van der Waals surface area (Å²) in [5.41, 5.74) is -0.721. The summed E-state index contributed by atoms with van der Waals surface area (Å²) in [6.45, 7) is 0.854. The standard InChI is InChI=1S/C15H20N3O4P/c1-15(21)7-8-23(22,11-5-3-2-4-6-11)14(15)18-13(10-20)12(9-19)16-17-18/h2-6,14,19-21H,7-10H2,1H3/t14-,15-,23?/m1/s1. The molecule has 1 fully saturated rings. The van der Waals surface area contributed by atoms with Crippen LogP contribution in [0.1, 0.15) is 30.5 Å². The van der Waals surface area contributed by atoms with Gasteiger partial charge in [-0.05, 0) is 13.3 Å². The third kappa shape index (κ3) is 2.54. The summed E-state index contributed by atoms with van der Waals surface area (Å²) in [6.07, 6.45) is 0.719. The lowest BCUT2D eigenvalue weighted by molar-refractivity contribution is 0.0351. The smallest absolute Gasteiger partial charge is 0.142 e. The van der Waals surface area contributed by atoms with E-state index < -0.39 is 25.1 Å². The van der Waals surface area contributed by atoms with E-state index in [1.807, 2.05) is 18.2 Å². The maximum atomic E-state index is 13.7. The van der Waals surface area contributed by atoms with Gasteiger partial charge >= 0.3 is 0 Å². The average Bonchev–Trinajstić information content (AvgIpc) is 3.06. The van der Waals surface area contributed by atoms with Gasteiger partial charge in [0.25, 0.3) is 0 Å². The van der Waals surface area contributed by atoms with Gasteiger partial charge in [0, 0.05) is 11.5 Å². The van der Waals surface area contributed by atoms with Crippen molar-refractivity contribution < 1.29 is 19.9 Å². The SMILES string of the molecule is C[C@@]1(O)CCP(=O)(c2ccccc2)[C@H]1n1nnc(CO)c1CO. The monoisotopic (exact) mass is 337 g/mol. The van der Waals surface area contributed by atoms with Crippen LogP contribution in [0.2, 0.25) is 0 Å². The number of aliphatic hydroxyl groups is 3. The first-order chi connectivity index (χ1) is 10.9. The summed E-state index contributed by atoms with van der Waals surface area (Å²) >= 11 is 0. The van der Waals surface area contributed by atoms with Gasteiger partial charge in [-0.15, -0.1) is 5.10 Å². The molecule has 1 aliphatic rings. The van der Waals surface area contributed by atoms with Gasteiger partial charge in [-0.3, -0.25) is 0 Å². The molecule has 1 aliphatic heterocycles. The van der Waals surface area contributed by atoms with Crippen LogP contribution in [0.4, 0.5) is 0 Å². The van der Waals surface area contributed by atoms with Crippen molar-refractivity contribution in [1.29, 1.82) is 0 Å². The van der Waals surface area contributed by atoms with Crippen molar-refractivity contribution in [3.63, 3.8) is 0 Å². The summed E-state index contributed by atoms with van der Waals surface area (Å²) in [4.78, 5) is 0. The number of rotatable bonds is 4. The number of aliphatic hydroxyl groups excluding tert-OH is 2. The number of hydrogen-bond acceptors (Lipinski definition) is 6. The quantitative estimate of drug-likeness (QED) is 0.705. The lowest BCUT2D eigenvalue weighted by atomic mass is 10.0. The summed E-state index contributed by atoms with van der Waals surface area (Å²) < 4.78 is 15.1. The normalized spacial score (nSPS) is 30.7. The van der Waals surface area contributed by atoms with Gasteiger partial charge in [-0.1, -0.05) is 35.5 Å². The van der Waals surface area contributed by atoms with Crippen molar-refractivity contribution in [2.45, 2.75) is 37.9 Å². The molecule has 0 aliphatic carbocycles. The minimum atomic E-state index is -3.00. The van der Waals surface area contributed by atoms with Crippen molar-refractivity contribution in [2.75, 3.05) is 6.16 Å². The highest BCUT2D eigenvalue weighted by molar-refractivity contribution is 7.72. The third-order valence-electron chi connectivity index (χ3n) is 4.50. The molecule has 7 nitrogen and oxygen atoms in total. The molecule has 2 aromatic rings. The number of aromatic nitrogens is 3. The molecule has 124 valence electrons. The Morgan fingerprint density at radius 2 is 2.00 bits per heavy atom. The first kappa shape index (κ1) is 16.3. The van der Waals surface area contributed by atoms with E-state index in [4.69, 9.17) is 0 Å². The zero-order valence-electron chi connectivity index (χ0n) is 12.8. The molecule has 0 radical (unpaired) electrons. The van der Waals surface area contributed by atoms with Crippen LogP contribution < -0.4 is 5.30 Å². The molecule has 3 atom stereocenters. The minimum absolute atomic E-state index is 0.231. The van der Waals surface area contributed by atoms with Crippen LogP contribution in [-0.4, -0.2) is 42.1 Å². The molecule has 0 saturated carbocycles. The Kier molecular flexibility index (Phi) is 4.14. The van der Waals surface area contributed by atoms with Crippen molar-refractivity contribution in [2.24, 2.45) is 0 Å². The van der Waals surface area contributed by atoms with E-state index in [1.165, 1.54) is 4.68 Å². The minimum Gasteiger partial charge on any atom is -0.390 e. The molecule has 0 bridgehead atoms. The van der Waals surface area contributed by atoms with Crippen LogP contribution in [0.5, 0.6) is 0 Å². The topological polar surface area (TPSA) is 108 Å². The number of benzene rings is 1. The second-order valence-electron chi connectivity index (χ2n) is 6.08. The van der Waals surface area contributed by atoms with Crippen LogP contribution in [0, 0.1) is 0 Å². The van der Waals surface area contributed by atoms with Gasteiger partial charge in [0.1, 0.15) is 18.6 Å². The Hall–Kier alpha value is -1.53. The Morgan fingerprint density at radius 1 is 1.30 bits per heavy atom. The van der Waals surface area contributed by atoms with E-state index >= 15 is 0 Å². The first-order valence-electron chi connectivity index (χ1n) is 7.45. The zero-order valence-corrected chi connectivity index (χ0v) is 13.7. The van der Waals surface area contributed by atoms with Gasteiger partial charge in [0.2, 0.25) is 0 Å². The molecule has 1 saturated heterocycles. The molecule has 8 heteroatoms. The molecule has 0 amide bonds. The first-order valence-corrected chi connectivity index (χ1v) is 9.41. The van der Waals surface area contributed by atoms with Crippen LogP contribution in [0.25, 0.3) is 0 Å². The highest BCUT2D eigenvalue weighted by atomic mass is 31.2. The predicted molar refractivity (Wildman–Crippen MR) is 84.7 cm³/mol. The van der Waals surface area contributed by atoms with Gasteiger partial charge in [-0.25, -0.2) is 4.68 Å². The summed E-state index contributed by atoms with van der Waals surface area (Å²) in [5.74, 6) is -0.813. The highest BCUT2D eigenvalue weighted by Crippen LogP contribution is 2.66. The second kappa shape index (κ2) is 5.83. The van der Waals surface area contributed by atoms with E-state index in [0.29, 0.717) is 17.9 Å². The Balaban J connectivity index is 2.17. The molecule has 1 aromatic carbocycles. The van der Waals surface area contributed by atoms with Crippen LogP contribution in [0.3, 0.4) is 0 Å². The van der Waals surface area contributed by atoms with Crippen LogP contribution in [-0.2, 0) is 17.8 Å². The molecule has 1 unspecified atom stereocenters. The van der Waals surface area contributed by atoms with Crippen molar-refractivity contribution in [1.82, 2.24) is 15.0 Å². The predicted octanol–water partition coefficient (Wildman–Crippen LogP) is 0.605. The van der Waals surface area contributed by atoms with Crippen molar-refractivity contribution >= 4 is 12.4 Å². The average molecular weight is 337 g/mol. The summed E-state index contributed by atoms with van der Waals surface area (Å²) in [5, 5.41) is 38.2. The Bertz CT molecular complexity index is 744. The molecular weight excluding hydrogens is 317 g/mol. The Labute approximate surface area is 134 Å². The fraction of sp³-hybridized carbons (Fsp3) is 0.467. The van der Waals surface area contributed by atoms with Gasteiger partial charge in [-0.2, -0.15) is 0 Å². The number of hydrogen-bond donors (Lipinski definition) is 3. The van der Waals surface area contributed by atoms with E-state index in [2.05, 4.69) is 10.3 Å². The highest BCUT2D eigenvalue weighted by Gasteiger charge is 2.54. The molecule has 1 aromatic heterocycles. The van der Waals surface area contributed by atoms with Crippen LogP contribution >= 0.6 is 7.14 Å². The van der Waals surface area contributed by atoms with Gasteiger partial charge < -0.3 is 19.9 Å². The largest absolute Gasteiger partial charge is 0.390 e. The number of nitrogens with zero attached hydrogens (tertiary/aromatic N) is 3. The van der Waals surface area contributed by atoms with Gasteiger partial charge in [0.05, 0.1) is 24.5 Å². The lowest BCUT2D eigenvalue weighted by Crippen LogP contribution is -2.34. The van der Waals surface area contributed by atoms with Crippen molar-refractivity contribution in [3.8, 4) is 0 Å². The molecule has 0 spiro atoms. The zero-order chi connectivity index (χ0) is 16.7. The van der Waals surface area contributed by atoms with E-state index in [1.54, 1.807) is 19.1 Å². The summed E-state index contributed by atoms with van der Waals surface area (Å²) in [7, 11) is -3.00. The molecule has 3 N–H and O–H groups in total. The fourth-order valence-corrected chi connectivity index (χ4v) is 7.13. The van der Waals surface area contributed by atoms with E-state index in [-0.39, 0.29) is 18.0 Å². The van der Waals surface area contributed by atoms with Crippen LogP contribution in [0.15, 0.2) is 30.3 Å². The van der Waals surface area contributed by atoms with Crippen molar-refractivity contribution in [3.05, 3.63) is 41.7 Å². The molecule has 23 heavy (non-hydrogen) atoms. The Morgan fingerprint density at radius 3 is 2.61 bits per heavy atom.